The molecule has 1 unspecified atom stereocenters. The standard InChI is InChI=1S/C25H40N2O4/c1-19-14-10-8-6-4-5-7-9-11-15-20(2)25(30)27-21(22(31-3)18-23(27)28)16-12-13-17-26-24(19)29/h4-5,18-21H,6-17H2,1-3H3,(H,26,29)/t19-,20-,21?/m1/s1. The Balaban J connectivity index is 2.01. The maximum atomic E-state index is 13.0. The third-order valence-corrected chi connectivity index (χ3v) is 6.37. The number of hydrogen-bond acceptors (Lipinski definition) is 4. The molecule has 2 heterocycles. The number of nitrogens with zero attached hydrogens (tertiary/aromatic N) is 1. The van der Waals surface area contributed by atoms with Crippen molar-refractivity contribution in [3.63, 3.8) is 0 Å². The van der Waals surface area contributed by atoms with Gasteiger partial charge in [0.1, 0.15) is 5.76 Å². The zero-order chi connectivity index (χ0) is 22.6. The summed E-state index contributed by atoms with van der Waals surface area (Å²) >= 11 is 0. The lowest BCUT2D eigenvalue weighted by molar-refractivity contribution is -0.146. The van der Waals surface area contributed by atoms with E-state index in [2.05, 4.69) is 17.5 Å². The van der Waals surface area contributed by atoms with Crippen LogP contribution < -0.4 is 5.32 Å². The number of amides is 3. The summed E-state index contributed by atoms with van der Waals surface area (Å²) in [5.41, 5.74) is 0. The Morgan fingerprint density at radius 1 is 0.871 bits per heavy atom. The Morgan fingerprint density at radius 2 is 1.48 bits per heavy atom. The van der Waals surface area contributed by atoms with Crippen molar-refractivity contribution < 1.29 is 19.1 Å². The van der Waals surface area contributed by atoms with Crippen LogP contribution in [-0.2, 0) is 19.1 Å². The molecule has 0 fully saturated rings. The van der Waals surface area contributed by atoms with Crippen molar-refractivity contribution in [2.75, 3.05) is 13.7 Å². The van der Waals surface area contributed by atoms with Crippen LogP contribution in [0.15, 0.2) is 24.0 Å². The topological polar surface area (TPSA) is 75.7 Å². The van der Waals surface area contributed by atoms with Gasteiger partial charge in [-0.3, -0.25) is 19.3 Å². The summed E-state index contributed by atoms with van der Waals surface area (Å²) in [6.07, 6.45) is 16.1. The van der Waals surface area contributed by atoms with E-state index in [-0.39, 0.29) is 35.6 Å². The lowest BCUT2D eigenvalue weighted by atomic mass is 10.00. The maximum Gasteiger partial charge on any atom is 0.257 e. The lowest BCUT2D eigenvalue weighted by Gasteiger charge is -2.27. The first kappa shape index (κ1) is 25.2. The van der Waals surface area contributed by atoms with E-state index in [4.69, 9.17) is 4.74 Å². The molecule has 0 aromatic heterocycles. The van der Waals surface area contributed by atoms with Crippen LogP contribution >= 0.6 is 0 Å². The van der Waals surface area contributed by atoms with Crippen molar-refractivity contribution >= 4 is 17.7 Å². The minimum Gasteiger partial charge on any atom is -0.499 e. The molecule has 1 N–H and O–H groups in total. The number of fused-ring (bicyclic) bond motifs is 1. The molecular formula is C25H40N2O4. The Labute approximate surface area is 187 Å². The van der Waals surface area contributed by atoms with E-state index in [1.54, 1.807) is 7.11 Å². The van der Waals surface area contributed by atoms with E-state index < -0.39 is 0 Å². The molecule has 6 heteroatoms. The minimum atomic E-state index is -0.334. The Hall–Kier alpha value is -2.11. The second-order valence-corrected chi connectivity index (χ2v) is 8.94. The van der Waals surface area contributed by atoms with Crippen molar-refractivity contribution in [1.29, 1.82) is 0 Å². The van der Waals surface area contributed by atoms with Gasteiger partial charge in [0, 0.05) is 24.5 Å². The molecule has 2 aliphatic heterocycles. The highest BCUT2D eigenvalue weighted by Gasteiger charge is 2.39. The molecular weight excluding hydrogens is 392 g/mol. The van der Waals surface area contributed by atoms with Gasteiger partial charge in [0.2, 0.25) is 11.8 Å². The van der Waals surface area contributed by atoms with Gasteiger partial charge in [0.25, 0.3) is 5.91 Å². The van der Waals surface area contributed by atoms with Gasteiger partial charge in [0.15, 0.2) is 0 Å². The van der Waals surface area contributed by atoms with Crippen LogP contribution in [0.1, 0.15) is 84.5 Å². The summed E-state index contributed by atoms with van der Waals surface area (Å²) in [6.45, 7) is 4.52. The number of nitrogens with one attached hydrogen (secondary N) is 1. The predicted octanol–water partition coefficient (Wildman–Crippen LogP) is 4.50. The van der Waals surface area contributed by atoms with Crippen LogP contribution in [0.25, 0.3) is 0 Å². The second kappa shape index (κ2) is 13.3. The van der Waals surface area contributed by atoms with E-state index in [9.17, 15) is 14.4 Å². The molecule has 0 saturated heterocycles. The van der Waals surface area contributed by atoms with Gasteiger partial charge in [-0.25, -0.2) is 0 Å². The first-order valence-corrected chi connectivity index (χ1v) is 12.0. The fraction of sp³-hybridized carbons (Fsp3) is 0.720. The molecule has 6 nitrogen and oxygen atoms in total. The minimum absolute atomic E-state index is 0.0307. The summed E-state index contributed by atoms with van der Waals surface area (Å²) in [5.74, 6) is 0.134. The summed E-state index contributed by atoms with van der Waals surface area (Å²) in [5, 5.41) is 3.03. The van der Waals surface area contributed by atoms with Crippen LogP contribution in [0.2, 0.25) is 0 Å². The van der Waals surface area contributed by atoms with Crippen molar-refractivity contribution in [2.45, 2.75) is 90.5 Å². The molecule has 0 saturated carbocycles. The highest BCUT2D eigenvalue weighted by Crippen LogP contribution is 2.27. The van der Waals surface area contributed by atoms with Gasteiger partial charge >= 0.3 is 0 Å². The van der Waals surface area contributed by atoms with Crippen LogP contribution in [-0.4, -0.2) is 42.3 Å². The van der Waals surface area contributed by atoms with E-state index >= 15 is 0 Å². The second-order valence-electron chi connectivity index (χ2n) is 8.94. The van der Waals surface area contributed by atoms with Crippen LogP contribution in [0, 0.1) is 11.8 Å². The third kappa shape index (κ3) is 7.82. The Bertz CT molecular complexity index is 670. The van der Waals surface area contributed by atoms with Crippen LogP contribution in [0.4, 0.5) is 0 Å². The molecule has 3 atom stereocenters. The zero-order valence-corrected chi connectivity index (χ0v) is 19.5. The fourth-order valence-corrected chi connectivity index (χ4v) is 4.30. The molecule has 2 aliphatic rings. The van der Waals surface area contributed by atoms with Crippen molar-refractivity contribution in [2.24, 2.45) is 11.8 Å². The highest BCUT2D eigenvalue weighted by atomic mass is 16.5. The number of carbonyl (C=O) groups excluding carboxylic acids is 3. The van der Waals surface area contributed by atoms with E-state index in [1.165, 1.54) is 11.0 Å². The zero-order valence-electron chi connectivity index (χ0n) is 19.5. The predicted molar refractivity (Wildman–Crippen MR) is 122 cm³/mol. The van der Waals surface area contributed by atoms with Gasteiger partial charge in [-0.15, -0.1) is 0 Å². The smallest absolute Gasteiger partial charge is 0.257 e. The van der Waals surface area contributed by atoms with Crippen LogP contribution in [0.5, 0.6) is 0 Å². The summed E-state index contributed by atoms with van der Waals surface area (Å²) in [7, 11) is 1.55. The van der Waals surface area contributed by atoms with E-state index in [1.807, 2.05) is 13.8 Å². The largest absolute Gasteiger partial charge is 0.499 e. The molecule has 2 rings (SSSR count). The molecule has 31 heavy (non-hydrogen) atoms. The van der Waals surface area contributed by atoms with E-state index in [0.717, 1.165) is 64.2 Å². The number of rotatable bonds is 1. The molecule has 0 spiro atoms. The van der Waals surface area contributed by atoms with Crippen molar-refractivity contribution in [3.05, 3.63) is 24.0 Å². The van der Waals surface area contributed by atoms with Gasteiger partial charge in [-0.05, 0) is 57.8 Å². The number of methoxy groups -OCH3 is 1. The fourth-order valence-electron chi connectivity index (χ4n) is 4.30. The lowest BCUT2D eigenvalue weighted by Crippen LogP contribution is -2.43. The van der Waals surface area contributed by atoms with E-state index in [0.29, 0.717) is 18.7 Å². The van der Waals surface area contributed by atoms with Crippen LogP contribution in [0.3, 0.4) is 0 Å². The normalized spacial score (nSPS) is 28.4. The number of ether oxygens (including phenoxy) is 1. The van der Waals surface area contributed by atoms with Crippen molar-refractivity contribution in [1.82, 2.24) is 10.2 Å². The number of carbonyl (C=O) groups is 3. The Kier molecular flexibility index (Phi) is 10.8. The molecule has 0 aromatic carbocycles. The molecule has 3 amide bonds. The first-order valence-electron chi connectivity index (χ1n) is 12.0. The summed E-state index contributed by atoms with van der Waals surface area (Å²) in [6, 6.07) is -0.334. The Morgan fingerprint density at radius 3 is 2.13 bits per heavy atom. The van der Waals surface area contributed by atoms with Gasteiger partial charge in [0.05, 0.1) is 13.2 Å². The average molecular weight is 433 g/mol. The molecule has 0 bridgehead atoms. The summed E-state index contributed by atoms with van der Waals surface area (Å²) in [4.78, 5) is 39.2. The SMILES string of the molecule is COC1=CC(=O)N2C(=O)[C@H](C)CCCCC=CCCCC[C@@H](C)C(=O)NCCCCC12. The van der Waals surface area contributed by atoms with Crippen molar-refractivity contribution in [3.8, 4) is 0 Å². The number of allylic oxidation sites excluding steroid dienone is 2. The van der Waals surface area contributed by atoms with Gasteiger partial charge in [-0.2, -0.15) is 0 Å². The number of imide groups is 1. The molecule has 0 aromatic rings. The third-order valence-electron chi connectivity index (χ3n) is 6.37. The quantitative estimate of drug-likeness (QED) is 0.489. The first-order chi connectivity index (χ1) is 15.0. The molecule has 174 valence electrons. The van der Waals surface area contributed by atoms with Gasteiger partial charge < -0.3 is 10.1 Å². The number of hydrogen-bond donors (Lipinski definition) is 1. The molecule has 0 radical (unpaired) electrons. The molecule has 0 aliphatic carbocycles. The summed E-state index contributed by atoms with van der Waals surface area (Å²) < 4.78 is 5.41. The monoisotopic (exact) mass is 432 g/mol. The maximum absolute atomic E-state index is 13.0. The average Bonchev–Trinajstić information content (AvgIpc) is 3.08. The van der Waals surface area contributed by atoms with Gasteiger partial charge in [-0.1, -0.05) is 38.8 Å². The highest BCUT2D eigenvalue weighted by molar-refractivity contribution is 6.04.